The maximum absolute atomic E-state index is 12.2. The Labute approximate surface area is 132 Å². The van der Waals surface area contributed by atoms with Crippen molar-refractivity contribution in [1.29, 1.82) is 0 Å². The van der Waals surface area contributed by atoms with Crippen LogP contribution >= 0.6 is 0 Å². The van der Waals surface area contributed by atoms with Gasteiger partial charge in [0.15, 0.2) is 0 Å². The molecule has 0 bridgehead atoms. The molecule has 1 aliphatic heterocycles. The van der Waals surface area contributed by atoms with Gasteiger partial charge in [0.05, 0.1) is 26.9 Å². The van der Waals surface area contributed by atoms with E-state index in [1.54, 1.807) is 31.4 Å². The fourth-order valence-corrected chi connectivity index (χ4v) is 2.26. The summed E-state index contributed by atoms with van der Waals surface area (Å²) in [6.45, 7) is -0.183. The molecule has 1 aliphatic rings. The summed E-state index contributed by atoms with van der Waals surface area (Å²) in [7, 11) is 2.80. The third kappa shape index (κ3) is 3.53. The number of esters is 1. The molecule has 0 spiro atoms. The van der Waals surface area contributed by atoms with Crippen LogP contribution in [0, 0.1) is 0 Å². The van der Waals surface area contributed by atoms with Crippen molar-refractivity contribution in [2.24, 2.45) is 5.11 Å². The average molecular weight is 320 g/mol. The Bertz CT molecular complexity index is 627. The first-order valence-corrected chi connectivity index (χ1v) is 6.78. The minimum Gasteiger partial charge on any atom is -0.497 e. The lowest BCUT2D eigenvalue weighted by molar-refractivity contribution is -0.146. The zero-order valence-electron chi connectivity index (χ0n) is 12.7. The van der Waals surface area contributed by atoms with Crippen LogP contribution in [0.4, 0.5) is 5.69 Å². The van der Waals surface area contributed by atoms with Gasteiger partial charge in [0.1, 0.15) is 18.4 Å². The predicted octanol–water partition coefficient (Wildman–Crippen LogP) is 1.28. The largest absolute Gasteiger partial charge is 0.497 e. The molecule has 2 atom stereocenters. The second-order valence-corrected chi connectivity index (χ2v) is 4.71. The second-order valence-electron chi connectivity index (χ2n) is 4.71. The molecule has 9 heteroatoms. The van der Waals surface area contributed by atoms with Gasteiger partial charge in [0.2, 0.25) is 5.91 Å². The van der Waals surface area contributed by atoms with Crippen LogP contribution in [0.1, 0.15) is 0 Å². The number of ether oxygens (including phenoxy) is 3. The van der Waals surface area contributed by atoms with E-state index in [0.717, 1.165) is 0 Å². The minimum atomic E-state index is -0.847. The maximum atomic E-state index is 12.2. The summed E-state index contributed by atoms with van der Waals surface area (Å²) in [4.78, 5) is 27.4. The lowest BCUT2D eigenvalue weighted by Crippen LogP contribution is -2.66. The number of rotatable bonds is 7. The molecule has 1 saturated heterocycles. The Hall–Kier alpha value is -2.77. The lowest BCUT2D eigenvalue weighted by atomic mass is 9.95. The summed E-state index contributed by atoms with van der Waals surface area (Å²) >= 11 is 0. The third-order valence-electron chi connectivity index (χ3n) is 3.45. The molecule has 0 aromatic heterocycles. The van der Waals surface area contributed by atoms with E-state index < -0.39 is 18.1 Å². The molecule has 2 rings (SSSR count). The molecule has 1 aromatic rings. The van der Waals surface area contributed by atoms with Crippen LogP contribution in [0.15, 0.2) is 29.4 Å². The zero-order chi connectivity index (χ0) is 16.8. The number of carbonyl (C=O) groups is 2. The fraction of sp³-hybridized carbons (Fsp3) is 0.429. The molecule has 23 heavy (non-hydrogen) atoms. The Kier molecular flexibility index (Phi) is 5.40. The van der Waals surface area contributed by atoms with E-state index in [-0.39, 0.29) is 19.1 Å². The molecule has 1 heterocycles. The standard InChI is InChI=1S/C14H16N4O5/c1-21-10-5-3-9(4-6-10)18-11(7-23-8-12(19)22-2)13(14(18)20)16-17-15/h3-6,11,13H,7-8H2,1-2H3/t11-,13+/m1/s1. The van der Waals surface area contributed by atoms with E-state index in [9.17, 15) is 9.59 Å². The first-order valence-electron chi connectivity index (χ1n) is 6.78. The van der Waals surface area contributed by atoms with E-state index in [4.69, 9.17) is 15.0 Å². The Morgan fingerprint density at radius 2 is 2.04 bits per heavy atom. The summed E-state index contributed by atoms with van der Waals surface area (Å²) < 4.78 is 14.8. The molecule has 0 unspecified atom stereocenters. The van der Waals surface area contributed by atoms with Crippen LogP contribution in [0.3, 0.4) is 0 Å². The number of hydrogen-bond donors (Lipinski definition) is 0. The van der Waals surface area contributed by atoms with Gasteiger partial charge in [-0.3, -0.25) is 4.79 Å². The summed E-state index contributed by atoms with van der Waals surface area (Å²) in [6, 6.07) is 5.55. The van der Waals surface area contributed by atoms with Gasteiger partial charge in [0.25, 0.3) is 0 Å². The van der Waals surface area contributed by atoms with E-state index in [0.29, 0.717) is 11.4 Å². The summed E-state index contributed by atoms with van der Waals surface area (Å²) in [5, 5.41) is 3.49. The Balaban J connectivity index is 2.10. The van der Waals surface area contributed by atoms with Crippen LogP contribution in [0.2, 0.25) is 0 Å². The molecule has 1 amide bonds. The van der Waals surface area contributed by atoms with E-state index >= 15 is 0 Å². The van der Waals surface area contributed by atoms with Crippen molar-refractivity contribution in [3.05, 3.63) is 34.7 Å². The van der Waals surface area contributed by atoms with Gasteiger partial charge in [-0.2, -0.15) is 0 Å². The van der Waals surface area contributed by atoms with Crippen LogP contribution < -0.4 is 9.64 Å². The first-order chi connectivity index (χ1) is 11.1. The summed E-state index contributed by atoms with van der Waals surface area (Å²) in [5.74, 6) is -0.182. The van der Waals surface area contributed by atoms with E-state index in [2.05, 4.69) is 14.8 Å². The lowest BCUT2D eigenvalue weighted by Gasteiger charge is -2.44. The van der Waals surface area contributed by atoms with Crippen molar-refractivity contribution in [1.82, 2.24) is 0 Å². The van der Waals surface area contributed by atoms with Crippen LogP contribution in [0.25, 0.3) is 10.4 Å². The number of β-lactam (4-membered cyclic amide) rings is 1. The van der Waals surface area contributed by atoms with Gasteiger partial charge in [-0.05, 0) is 29.8 Å². The molecule has 0 saturated carbocycles. The van der Waals surface area contributed by atoms with Crippen molar-refractivity contribution in [2.45, 2.75) is 12.1 Å². The van der Waals surface area contributed by atoms with Crippen molar-refractivity contribution in [2.75, 3.05) is 32.3 Å². The van der Waals surface area contributed by atoms with E-state index in [1.165, 1.54) is 12.0 Å². The molecule has 1 aromatic carbocycles. The molecule has 122 valence electrons. The monoisotopic (exact) mass is 320 g/mol. The first kappa shape index (κ1) is 16.6. The van der Waals surface area contributed by atoms with Gasteiger partial charge in [-0.15, -0.1) is 0 Å². The highest BCUT2D eigenvalue weighted by Gasteiger charge is 2.47. The number of carbonyl (C=O) groups excluding carboxylic acids is 2. The average Bonchev–Trinajstić information content (AvgIpc) is 2.59. The molecule has 0 aliphatic carbocycles. The number of anilines is 1. The number of amides is 1. The highest BCUT2D eigenvalue weighted by Crippen LogP contribution is 2.31. The number of nitrogens with zero attached hydrogens (tertiary/aromatic N) is 4. The quantitative estimate of drug-likeness (QED) is 0.247. The van der Waals surface area contributed by atoms with E-state index in [1.807, 2.05) is 0 Å². The van der Waals surface area contributed by atoms with Crippen molar-refractivity contribution in [3.63, 3.8) is 0 Å². The second kappa shape index (κ2) is 7.48. The van der Waals surface area contributed by atoms with Crippen LogP contribution in [-0.2, 0) is 19.1 Å². The molecule has 1 fully saturated rings. The van der Waals surface area contributed by atoms with Gasteiger partial charge < -0.3 is 19.1 Å². The molecule has 0 N–H and O–H groups in total. The number of benzene rings is 1. The van der Waals surface area contributed by atoms with Crippen molar-refractivity contribution < 1.29 is 23.8 Å². The van der Waals surface area contributed by atoms with Crippen molar-refractivity contribution in [3.8, 4) is 5.75 Å². The van der Waals surface area contributed by atoms with Crippen LogP contribution in [-0.4, -0.2) is 51.4 Å². The topological polar surface area (TPSA) is 114 Å². The van der Waals surface area contributed by atoms with Gasteiger partial charge in [-0.1, -0.05) is 5.11 Å². The van der Waals surface area contributed by atoms with Crippen molar-refractivity contribution >= 4 is 17.6 Å². The maximum Gasteiger partial charge on any atom is 0.331 e. The highest BCUT2D eigenvalue weighted by molar-refractivity contribution is 6.05. The molecule has 0 radical (unpaired) electrons. The smallest absolute Gasteiger partial charge is 0.331 e. The normalized spacial score (nSPS) is 19.6. The van der Waals surface area contributed by atoms with Crippen LogP contribution in [0.5, 0.6) is 5.75 Å². The highest BCUT2D eigenvalue weighted by atomic mass is 16.6. The Morgan fingerprint density at radius 1 is 1.35 bits per heavy atom. The summed E-state index contributed by atoms with van der Waals surface area (Å²) in [6.07, 6.45) is 0. The Morgan fingerprint density at radius 3 is 2.61 bits per heavy atom. The number of hydrogen-bond acceptors (Lipinski definition) is 6. The summed E-state index contributed by atoms with van der Waals surface area (Å²) in [5.41, 5.74) is 9.20. The zero-order valence-corrected chi connectivity index (χ0v) is 12.7. The van der Waals surface area contributed by atoms with Gasteiger partial charge in [0, 0.05) is 10.6 Å². The molecular weight excluding hydrogens is 304 g/mol. The third-order valence-corrected chi connectivity index (χ3v) is 3.45. The SMILES string of the molecule is COC(=O)COC[C@@H]1[C@H](N=[N+]=[N-])C(=O)N1c1ccc(OC)cc1. The molecule has 9 nitrogen and oxygen atoms in total. The number of methoxy groups -OCH3 is 2. The van der Waals surface area contributed by atoms with Gasteiger partial charge in [-0.25, -0.2) is 4.79 Å². The fourth-order valence-electron chi connectivity index (χ4n) is 2.26. The predicted molar refractivity (Wildman–Crippen MR) is 80.0 cm³/mol. The minimum absolute atomic E-state index is 0.0521. The number of azide groups is 1. The van der Waals surface area contributed by atoms with Gasteiger partial charge >= 0.3 is 5.97 Å². The molecular formula is C14H16N4O5.